The van der Waals surface area contributed by atoms with Gasteiger partial charge in [0.05, 0.1) is 27.0 Å². The zero-order valence-corrected chi connectivity index (χ0v) is 20.7. The highest BCUT2D eigenvalue weighted by atomic mass is 35.5. The van der Waals surface area contributed by atoms with Crippen molar-refractivity contribution in [3.05, 3.63) is 129 Å². The van der Waals surface area contributed by atoms with Gasteiger partial charge in [-0.15, -0.1) is 0 Å². The number of fused-ring (bicyclic) bond motifs is 2. The number of H-pyrrole nitrogens is 1. The maximum absolute atomic E-state index is 6.62. The van der Waals surface area contributed by atoms with Crippen LogP contribution in [0.25, 0.3) is 45.4 Å². The van der Waals surface area contributed by atoms with E-state index in [4.69, 9.17) is 37.0 Å². The Morgan fingerprint density at radius 2 is 1.41 bits per heavy atom. The summed E-state index contributed by atoms with van der Waals surface area (Å²) in [7, 11) is 0. The molecule has 0 amide bonds. The fraction of sp³-hybridized carbons (Fsp3) is 0. The number of furan rings is 2. The molecule has 5 heterocycles. The van der Waals surface area contributed by atoms with Crippen molar-refractivity contribution in [3.8, 4) is 22.6 Å². The maximum atomic E-state index is 6.62. The number of pyridine rings is 1. The molecule has 0 spiro atoms. The summed E-state index contributed by atoms with van der Waals surface area (Å²) in [5, 5.41) is 1.58. The molecule has 7 rings (SSSR count). The molecule has 5 nitrogen and oxygen atoms in total. The Kier molecular flexibility index (Phi) is 5.13. The maximum Gasteiger partial charge on any atom is 0.155 e. The van der Waals surface area contributed by atoms with Gasteiger partial charge < -0.3 is 13.8 Å². The summed E-state index contributed by atoms with van der Waals surface area (Å²) in [6.07, 6.45) is 5.05. The smallest absolute Gasteiger partial charge is 0.155 e. The van der Waals surface area contributed by atoms with Crippen LogP contribution in [0.5, 0.6) is 0 Å². The molecular formula is C30H17Cl2N3O2. The molecule has 0 atom stereocenters. The van der Waals surface area contributed by atoms with Gasteiger partial charge in [-0.25, -0.2) is 4.99 Å². The summed E-state index contributed by atoms with van der Waals surface area (Å²) in [5.41, 5.74) is 7.06. The van der Waals surface area contributed by atoms with Gasteiger partial charge in [0.2, 0.25) is 0 Å². The molecule has 0 unspecified atom stereocenters. The molecule has 7 heteroatoms. The van der Waals surface area contributed by atoms with Crippen molar-refractivity contribution in [2.45, 2.75) is 0 Å². The molecule has 1 aliphatic heterocycles. The molecule has 37 heavy (non-hydrogen) atoms. The third-order valence-corrected chi connectivity index (χ3v) is 6.87. The molecular weight excluding hydrogens is 505 g/mol. The highest BCUT2D eigenvalue weighted by Gasteiger charge is 2.23. The first-order valence-corrected chi connectivity index (χ1v) is 12.4. The van der Waals surface area contributed by atoms with Crippen molar-refractivity contribution in [3.63, 3.8) is 0 Å². The van der Waals surface area contributed by atoms with Crippen molar-refractivity contribution in [1.82, 2.24) is 9.97 Å². The molecule has 0 bridgehead atoms. The lowest BCUT2D eigenvalue weighted by Gasteiger charge is -2.11. The number of aromatic nitrogens is 2. The minimum Gasteiger partial charge on any atom is -0.454 e. The quantitative estimate of drug-likeness (QED) is 0.265. The van der Waals surface area contributed by atoms with Crippen molar-refractivity contribution in [2.24, 2.45) is 4.99 Å². The van der Waals surface area contributed by atoms with Crippen LogP contribution < -0.4 is 10.8 Å². The first-order valence-electron chi connectivity index (χ1n) is 11.6. The number of hydrogen-bond donors (Lipinski definition) is 1. The Labute approximate surface area is 221 Å². The molecule has 0 radical (unpaired) electrons. The first-order chi connectivity index (χ1) is 18.1. The zero-order chi connectivity index (χ0) is 24.9. The number of aromatic amines is 1. The molecule has 0 saturated carbocycles. The van der Waals surface area contributed by atoms with E-state index in [9.17, 15) is 0 Å². The van der Waals surface area contributed by atoms with Crippen molar-refractivity contribution < 1.29 is 8.83 Å². The molecule has 1 N–H and O–H groups in total. The van der Waals surface area contributed by atoms with Crippen LogP contribution in [0.1, 0.15) is 11.3 Å². The lowest BCUT2D eigenvalue weighted by molar-refractivity contribution is 0.545. The van der Waals surface area contributed by atoms with E-state index < -0.39 is 0 Å². The minimum absolute atomic E-state index is 0.420. The Bertz CT molecular complexity index is 1860. The predicted octanol–water partition coefficient (Wildman–Crippen LogP) is 7.26. The number of allylic oxidation sites excluding steroid dienone is 1. The molecule has 178 valence electrons. The fourth-order valence-electron chi connectivity index (χ4n) is 4.60. The lowest BCUT2D eigenvalue weighted by atomic mass is 10.0. The number of halogens is 2. The van der Waals surface area contributed by atoms with Crippen LogP contribution >= 0.6 is 23.2 Å². The van der Waals surface area contributed by atoms with E-state index in [1.807, 2.05) is 84.9 Å². The molecule has 0 fully saturated rings. The van der Waals surface area contributed by atoms with E-state index in [1.165, 1.54) is 0 Å². The molecule has 6 aromatic rings. The van der Waals surface area contributed by atoms with Gasteiger partial charge in [-0.3, -0.25) is 4.98 Å². The summed E-state index contributed by atoms with van der Waals surface area (Å²) in [4.78, 5) is 12.5. The summed E-state index contributed by atoms with van der Waals surface area (Å²) >= 11 is 13.2. The second-order valence-corrected chi connectivity index (χ2v) is 9.47. The number of hydrogen-bond acceptors (Lipinski definition) is 4. The second-order valence-electron chi connectivity index (χ2n) is 8.66. The average Bonchev–Trinajstić information content (AvgIpc) is 3.67. The van der Waals surface area contributed by atoms with Crippen molar-refractivity contribution in [2.75, 3.05) is 0 Å². The molecule has 1 aliphatic rings. The number of nitrogens with one attached hydrogen (secondary N) is 1. The van der Waals surface area contributed by atoms with Crippen LogP contribution in [-0.4, -0.2) is 9.97 Å². The highest BCUT2D eigenvalue weighted by Crippen LogP contribution is 2.39. The summed E-state index contributed by atoms with van der Waals surface area (Å²) in [5.74, 6) is 1.55. The van der Waals surface area contributed by atoms with Gasteiger partial charge in [-0.1, -0.05) is 83.9 Å². The topological polar surface area (TPSA) is 67.3 Å². The van der Waals surface area contributed by atoms with Crippen LogP contribution in [0.2, 0.25) is 10.0 Å². The van der Waals surface area contributed by atoms with E-state index in [0.717, 1.165) is 44.8 Å². The van der Waals surface area contributed by atoms with Crippen LogP contribution in [-0.2, 0) is 0 Å². The van der Waals surface area contributed by atoms with E-state index in [-0.39, 0.29) is 0 Å². The summed E-state index contributed by atoms with van der Waals surface area (Å²) < 4.78 is 12.3. The van der Waals surface area contributed by atoms with Gasteiger partial charge in [0.25, 0.3) is 0 Å². The largest absolute Gasteiger partial charge is 0.454 e. The first kappa shape index (κ1) is 21.9. The van der Waals surface area contributed by atoms with E-state index >= 15 is 0 Å². The van der Waals surface area contributed by atoms with E-state index in [2.05, 4.69) is 9.97 Å². The van der Waals surface area contributed by atoms with Gasteiger partial charge in [0.15, 0.2) is 11.0 Å². The second kappa shape index (κ2) is 8.66. The zero-order valence-electron chi connectivity index (χ0n) is 19.2. The molecule has 4 aromatic heterocycles. The third kappa shape index (κ3) is 3.80. The van der Waals surface area contributed by atoms with Gasteiger partial charge in [0, 0.05) is 58.9 Å². The SMILES string of the molecule is Clc1cncc(Cl)c1/C(=C1\C=c2oc(-c3ccccc3)cc2=N1)c1cc2oc(-c3ccccc3)cc2[nH]1. The number of rotatable bonds is 4. The van der Waals surface area contributed by atoms with Crippen molar-refractivity contribution >= 4 is 46.0 Å². The standard InChI is InChI=1S/C30H17Cl2N3O2/c31-19-15-33-16-20(32)29(19)30(23-13-27-21(34-23)11-25(36-27)17-7-3-1-4-8-17)24-14-28-22(35-24)12-26(37-28)18-9-5-2-6-10-18/h1-16,34H/b30-24+. The Hall–Kier alpha value is -4.32. The highest BCUT2D eigenvalue weighted by molar-refractivity contribution is 6.37. The van der Waals surface area contributed by atoms with E-state index in [1.54, 1.807) is 12.4 Å². The number of nitrogens with zero attached hydrogens (tertiary/aromatic N) is 2. The van der Waals surface area contributed by atoms with Gasteiger partial charge in [0.1, 0.15) is 16.9 Å². The Morgan fingerprint density at radius 3 is 2.03 bits per heavy atom. The average molecular weight is 522 g/mol. The van der Waals surface area contributed by atoms with Crippen LogP contribution in [0.3, 0.4) is 0 Å². The summed E-state index contributed by atoms with van der Waals surface area (Å²) in [6, 6.07) is 25.8. The fourth-order valence-corrected chi connectivity index (χ4v) is 5.15. The normalized spacial score (nSPS) is 13.9. The van der Waals surface area contributed by atoms with E-state index in [0.29, 0.717) is 32.3 Å². The van der Waals surface area contributed by atoms with Gasteiger partial charge in [-0.2, -0.15) is 0 Å². The van der Waals surface area contributed by atoms with Gasteiger partial charge in [-0.05, 0) is 0 Å². The summed E-state index contributed by atoms with van der Waals surface area (Å²) in [6.45, 7) is 0. The van der Waals surface area contributed by atoms with Crippen molar-refractivity contribution in [1.29, 1.82) is 0 Å². The van der Waals surface area contributed by atoms with Crippen LogP contribution in [0, 0.1) is 0 Å². The van der Waals surface area contributed by atoms with Crippen LogP contribution in [0.15, 0.2) is 111 Å². The predicted molar refractivity (Wildman–Crippen MR) is 146 cm³/mol. The minimum atomic E-state index is 0.420. The van der Waals surface area contributed by atoms with Crippen LogP contribution in [0.4, 0.5) is 0 Å². The number of benzene rings is 2. The molecule has 0 saturated heterocycles. The lowest BCUT2D eigenvalue weighted by Crippen LogP contribution is -2.14. The Balaban J connectivity index is 1.39. The Morgan fingerprint density at radius 1 is 0.757 bits per heavy atom. The monoisotopic (exact) mass is 521 g/mol. The third-order valence-electron chi connectivity index (χ3n) is 6.30. The van der Waals surface area contributed by atoms with Gasteiger partial charge >= 0.3 is 0 Å². The molecule has 0 aliphatic carbocycles. The molecule has 2 aromatic carbocycles.